The molecule has 3 rings (SSSR count). The molecular formula is C23H19F3N2O4S. The molecule has 0 aliphatic carbocycles. The number of anilines is 2. The van der Waals surface area contributed by atoms with Gasteiger partial charge in [-0.1, -0.05) is 18.2 Å². The van der Waals surface area contributed by atoms with E-state index in [-0.39, 0.29) is 45.3 Å². The first-order chi connectivity index (χ1) is 15.7. The van der Waals surface area contributed by atoms with Crippen LogP contribution in [0.1, 0.15) is 20.7 Å². The largest absolute Gasteiger partial charge is 0.494 e. The van der Waals surface area contributed by atoms with E-state index < -0.39 is 11.4 Å². The van der Waals surface area contributed by atoms with E-state index in [0.717, 1.165) is 0 Å². The van der Waals surface area contributed by atoms with Gasteiger partial charge >= 0.3 is 5.51 Å². The molecule has 0 aliphatic heterocycles. The number of nitrogens with one attached hydrogen (secondary N) is 2. The fourth-order valence-corrected chi connectivity index (χ4v) is 3.42. The summed E-state index contributed by atoms with van der Waals surface area (Å²) in [6, 6.07) is 16.6. The number of alkyl halides is 3. The Hall–Kier alpha value is -3.66. The molecule has 172 valence electrons. The number of hydrogen-bond acceptors (Lipinski definition) is 5. The van der Waals surface area contributed by atoms with Gasteiger partial charge < -0.3 is 20.1 Å². The van der Waals surface area contributed by atoms with E-state index in [4.69, 9.17) is 9.47 Å². The molecule has 0 bridgehead atoms. The SMILES string of the molecule is COc1cc(NC(=O)c2ccc(SC(F)(F)F)cc2)c(OC)cc1NC(=O)c1ccccc1. The minimum Gasteiger partial charge on any atom is -0.494 e. The molecule has 0 saturated carbocycles. The van der Waals surface area contributed by atoms with Crippen molar-refractivity contribution in [3.05, 3.63) is 77.9 Å². The van der Waals surface area contributed by atoms with Crippen LogP contribution in [-0.2, 0) is 0 Å². The molecule has 2 amide bonds. The van der Waals surface area contributed by atoms with E-state index in [1.54, 1.807) is 30.3 Å². The summed E-state index contributed by atoms with van der Waals surface area (Å²) >= 11 is -0.262. The van der Waals surface area contributed by atoms with Crippen molar-refractivity contribution in [1.29, 1.82) is 0 Å². The van der Waals surface area contributed by atoms with Crippen LogP contribution in [0, 0.1) is 0 Å². The molecule has 0 aliphatic rings. The third kappa shape index (κ3) is 6.42. The van der Waals surface area contributed by atoms with Gasteiger partial charge in [0.1, 0.15) is 11.5 Å². The second kappa shape index (κ2) is 10.3. The zero-order valence-corrected chi connectivity index (χ0v) is 18.3. The van der Waals surface area contributed by atoms with Gasteiger partial charge in [0.15, 0.2) is 0 Å². The van der Waals surface area contributed by atoms with Gasteiger partial charge in [-0.25, -0.2) is 0 Å². The van der Waals surface area contributed by atoms with Crippen LogP contribution in [0.4, 0.5) is 24.5 Å². The summed E-state index contributed by atoms with van der Waals surface area (Å²) in [4.78, 5) is 25.1. The minimum absolute atomic E-state index is 0.0307. The molecule has 6 nitrogen and oxygen atoms in total. The van der Waals surface area contributed by atoms with Crippen molar-refractivity contribution in [2.75, 3.05) is 24.9 Å². The predicted molar refractivity (Wildman–Crippen MR) is 120 cm³/mol. The van der Waals surface area contributed by atoms with Gasteiger partial charge in [-0.2, -0.15) is 13.2 Å². The quantitative estimate of drug-likeness (QED) is 0.420. The Morgan fingerprint density at radius 2 is 1.21 bits per heavy atom. The van der Waals surface area contributed by atoms with Crippen molar-refractivity contribution in [3.63, 3.8) is 0 Å². The molecule has 0 heterocycles. The molecule has 0 atom stereocenters. The second-order valence-electron chi connectivity index (χ2n) is 6.60. The molecule has 2 N–H and O–H groups in total. The number of benzene rings is 3. The van der Waals surface area contributed by atoms with Crippen molar-refractivity contribution in [1.82, 2.24) is 0 Å². The molecule has 3 aromatic rings. The lowest BCUT2D eigenvalue weighted by Crippen LogP contribution is -2.15. The third-order valence-corrected chi connectivity index (χ3v) is 5.14. The highest BCUT2D eigenvalue weighted by Crippen LogP contribution is 2.38. The van der Waals surface area contributed by atoms with Gasteiger partial charge in [0, 0.05) is 28.2 Å². The fraction of sp³-hybridized carbons (Fsp3) is 0.130. The maximum atomic E-state index is 12.6. The summed E-state index contributed by atoms with van der Waals surface area (Å²) in [7, 11) is 2.80. The molecule has 0 saturated heterocycles. The zero-order chi connectivity index (χ0) is 24.0. The van der Waals surface area contributed by atoms with E-state index in [0.29, 0.717) is 11.3 Å². The topological polar surface area (TPSA) is 76.7 Å². The fourth-order valence-electron chi connectivity index (χ4n) is 2.88. The van der Waals surface area contributed by atoms with Crippen molar-refractivity contribution in [3.8, 4) is 11.5 Å². The number of carbonyl (C=O) groups is 2. The van der Waals surface area contributed by atoms with Gasteiger partial charge in [0.25, 0.3) is 11.8 Å². The molecule has 10 heteroatoms. The minimum atomic E-state index is -4.41. The average molecular weight is 476 g/mol. The summed E-state index contributed by atoms with van der Waals surface area (Å²) < 4.78 is 48.1. The smallest absolute Gasteiger partial charge is 0.446 e. The lowest BCUT2D eigenvalue weighted by molar-refractivity contribution is -0.0328. The zero-order valence-electron chi connectivity index (χ0n) is 17.5. The van der Waals surface area contributed by atoms with E-state index >= 15 is 0 Å². The van der Waals surface area contributed by atoms with E-state index in [1.807, 2.05) is 0 Å². The maximum absolute atomic E-state index is 12.6. The van der Waals surface area contributed by atoms with Crippen molar-refractivity contribution < 1.29 is 32.2 Å². The third-order valence-electron chi connectivity index (χ3n) is 4.40. The number of thioether (sulfide) groups is 1. The van der Waals surface area contributed by atoms with Crippen LogP contribution < -0.4 is 20.1 Å². The van der Waals surface area contributed by atoms with Gasteiger partial charge in [-0.15, -0.1) is 0 Å². The lowest BCUT2D eigenvalue weighted by atomic mass is 10.1. The highest BCUT2D eigenvalue weighted by atomic mass is 32.2. The standard InChI is InChI=1S/C23H19F3N2O4S/c1-31-19-13-18(28-22(30)15-8-10-16(11-9-15)33-23(24,25)26)20(32-2)12-17(19)27-21(29)14-6-4-3-5-7-14/h3-13H,1-2H3,(H,27,29)(H,28,30). The van der Waals surface area contributed by atoms with Crippen LogP contribution >= 0.6 is 11.8 Å². The Kier molecular flexibility index (Phi) is 7.49. The molecule has 0 fully saturated rings. The molecule has 0 radical (unpaired) electrons. The first-order valence-corrected chi connectivity index (χ1v) is 10.3. The van der Waals surface area contributed by atoms with E-state index in [9.17, 15) is 22.8 Å². The van der Waals surface area contributed by atoms with Crippen LogP contribution in [-0.4, -0.2) is 31.5 Å². The molecular weight excluding hydrogens is 457 g/mol. The number of ether oxygens (including phenoxy) is 2. The van der Waals surface area contributed by atoms with E-state index in [1.165, 1.54) is 50.6 Å². The summed E-state index contributed by atoms with van der Waals surface area (Å²) in [5.41, 5.74) is -3.22. The van der Waals surface area contributed by atoms with Crippen LogP contribution in [0.5, 0.6) is 11.5 Å². The molecule has 3 aromatic carbocycles. The number of amides is 2. The molecule has 0 unspecified atom stereocenters. The normalized spacial score (nSPS) is 10.9. The predicted octanol–water partition coefficient (Wildman–Crippen LogP) is 5.82. The molecule has 0 spiro atoms. The number of carbonyl (C=O) groups excluding carboxylic acids is 2. The molecule has 33 heavy (non-hydrogen) atoms. The van der Waals surface area contributed by atoms with Crippen LogP contribution in [0.25, 0.3) is 0 Å². The Labute approximate surface area is 192 Å². The van der Waals surface area contributed by atoms with Gasteiger partial charge in [-0.3, -0.25) is 9.59 Å². The molecule has 0 aromatic heterocycles. The van der Waals surface area contributed by atoms with Crippen molar-refractivity contribution in [2.45, 2.75) is 10.4 Å². The van der Waals surface area contributed by atoms with Crippen LogP contribution in [0.2, 0.25) is 0 Å². The summed E-state index contributed by atoms with van der Waals surface area (Å²) in [5.74, 6) is -0.395. The Morgan fingerprint density at radius 3 is 1.64 bits per heavy atom. The average Bonchev–Trinajstić information content (AvgIpc) is 2.79. The second-order valence-corrected chi connectivity index (χ2v) is 7.74. The monoisotopic (exact) mass is 476 g/mol. The Bertz CT molecular complexity index is 1140. The number of hydrogen-bond donors (Lipinski definition) is 2. The summed E-state index contributed by atoms with van der Waals surface area (Å²) in [6.45, 7) is 0. The van der Waals surface area contributed by atoms with Crippen molar-refractivity contribution >= 4 is 35.0 Å². The first-order valence-electron chi connectivity index (χ1n) is 9.49. The first kappa shape index (κ1) is 24.0. The van der Waals surface area contributed by atoms with Gasteiger partial charge in [0.2, 0.25) is 0 Å². The number of halogens is 3. The van der Waals surface area contributed by atoms with Gasteiger partial charge in [0.05, 0.1) is 25.6 Å². The Balaban J connectivity index is 1.80. The van der Waals surface area contributed by atoms with E-state index in [2.05, 4.69) is 10.6 Å². The maximum Gasteiger partial charge on any atom is 0.446 e. The van der Waals surface area contributed by atoms with Gasteiger partial charge in [-0.05, 0) is 48.2 Å². The summed E-state index contributed by atoms with van der Waals surface area (Å²) in [5, 5.41) is 5.39. The number of methoxy groups -OCH3 is 2. The lowest BCUT2D eigenvalue weighted by Gasteiger charge is -2.16. The van der Waals surface area contributed by atoms with Crippen molar-refractivity contribution in [2.24, 2.45) is 0 Å². The number of rotatable bonds is 7. The summed E-state index contributed by atoms with van der Waals surface area (Å²) in [6.07, 6.45) is 0. The Morgan fingerprint density at radius 1 is 0.758 bits per heavy atom. The van der Waals surface area contributed by atoms with Crippen LogP contribution in [0.3, 0.4) is 0 Å². The highest BCUT2D eigenvalue weighted by molar-refractivity contribution is 8.00. The van der Waals surface area contributed by atoms with Crippen LogP contribution in [0.15, 0.2) is 71.6 Å². The highest BCUT2D eigenvalue weighted by Gasteiger charge is 2.29.